The highest BCUT2D eigenvalue weighted by Crippen LogP contribution is 2.17. The summed E-state index contributed by atoms with van der Waals surface area (Å²) in [6, 6.07) is 16.7. The zero-order valence-electron chi connectivity index (χ0n) is 13.4. The van der Waals surface area contributed by atoms with Crippen LogP contribution in [0, 0.1) is 19.7 Å². The second-order valence-corrected chi connectivity index (χ2v) is 5.63. The molecule has 0 amide bonds. The van der Waals surface area contributed by atoms with Gasteiger partial charge in [-0.15, -0.1) is 0 Å². The van der Waals surface area contributed by atoms with Crippen LogP contribution in [0.5, 0.6) is 0 Å². The van der Waals surface area contributed by atoms with Crippen LogP contribution >= 0.6 is 0 Å². The third-order valence-corrected chi connectivity index (χ3v) is 3.99. The van der Waals surface area contributed by atoms with Crippen molar-refractivity contribution in [2.24, 2.45) is 0 Å². The van der Waals surface area contributed by atoms with Crippen LogP contribution < -0.4 is 5.32 Å². The normalized spacial score (nSPS) is 10.9. The van der Waals surface area contributed by atoms with Gasteiger partial charge in [-0.05, 0) is 43.7 Å². The van der Waals surface area contributed by atoms with Gasteiger partial charge < -0.3 is 5.32 Å². The van der Waals surface area contributed by atoms with E-state index in [1.54, 1.807) is 12.1 Å². The number of benzene rings is 2. The maximum absolute atomic E-state index is 12.9. The first-order chi connectivity index (χ1) is 11.1. The molecule has 0 bridgehead atoms. The fraction of sp³-hybridized carbons (Fsp3) is 0.211. The summed E-state index contributed by atoms with van der Waals surface area (Å²) >= 11 is 0. The van der Waals surface area contributed by atoms with Crippen molar-refractivity contribution in [2.45, 2.75) is 26.9 Å². The predicted octanol–water partition coefficient (Wildman–Crippen LogP) is 3.92. The van der Waals surface area contributed by atoms with Crippen molar-refractivity contribution in [1.82, 2.24) is 15.1 Å². The van der Waals surface area contributed by atoms with E-state index in [9.17, 15) is 4.39 Å². The van der Waals surface area contributed by atoms with Crippen LogP contribution in [0.25, 0.3) is 5.69 Å². The van der Waals surface area contributed by atoms with Crippen LogP contribution in [0.2, 0.25) is 0 Å². The summed E-state index contributed by atoms with van der Waals surface area (Å²) in [5, 5.41) is 8.05. The average molecular weight is 309 g/mol. The van der Waals surface area contributed by atoms with Gasteiger partial charge in [0.25, 0.3) is 0 Å². The molecule has 0 saturated heterocycles. The first-order valence-electron chi connectivity index (χ1n) is 7.71. The summed E-state index contributed by atoms with van der Waals surface area (Å²) in [7, 11) is 0. The predicted molar refractivity (Wildman–Crippen MR) is 90.0 cm³/mol. The largest absolute Gasteiger partial charge is 0.308 e. The monoisotopic (exact) mass is 309 g/mol. The maximum atomic E-state index is 12.9. The molecule has 3 rings (SSSR count). The van der Waals surface area contributed by atoms with E-state index in [0.29, 0.717) is 6.54 Å². The minimum Gasteiger partial charge on any atom is -0.308 e. The van der Waals surface area contributed by atoms with Crippen molar-refractivity contribution in [3.8, 4) is 5.69 Å². The molecule has 0 spiro atoms. The Bertz CT molecular complexity index is 776. The Morgan fingerprint density at radius 3 is 2.35 bits per heavy atom. The fourth-order valence-corrected chi connectivity index (χ4v) is 2.69. The number of hydrogen-bond acceptors (Lipinski definition) is 2. The second kappa shape index (κ2) is 6.75. The Kier molecular flexibility index (Phi) is 4.53. The summed E-state index contributed by atoms with van der Waals surface area (Å²) in [4.78, 5) is 0. The molecular weight excluding hydrogens is 289 g/mol. The zero-order valence-corrected chi connectivity index (χ0v) is 13.4. The molecule has 0 unspecified atom stereocenters. The number of nitrogens with zero attached hydrogens (tertiary/aromatic N) is 2. The van der Waals surface area contributed by atoms with Crippen molar-refractivity contribution >= 4 is 0 Å². The van der Waals surface area contributed by atoms with Crippen LogP contribution in [0.4, 0.5) is 4.39 Å². The average Bonchev–Trinajstić information content (AvgIpc) is 2.85. The minimum atomic E-state index is -0.204. The molecule has 0 saturated carbocycles. The van der Waals surface area contributed by atoms with Crippen LogP contribution in [-0.4, -0.2) is 9.78 Å². The first kappa shape index (κ1) is 15.4. The maximum Gasteiger partial charge on any atom is 0.123 e. The zero-order chi connectivity index (χ0) is 16.2. The number of para-hydroxylation sites is 1. The van der Waals surface area contributed by atoms with Crippen LogP contribution in [0.3, 0.4) is 0 Å². The Hall–Kier alpha value is -2.46. The number of rotatable bonds is 5. The fourth-order valence-electron chi connectivity index (χ4n) is 2.69. The molecule has 0 aliphatic rings. The molecule has 0 aliphatic carbocycles. The summed E-state index contributed by atoms with van der Waals surface area (Å²) in [5.41, 5.74) is 5.50. The van der Waals surface area contributed by atoms with Crippen molar-refractivity contribution < 1.29 is 4.39 Å². The van der Waals surface area contributed by atoms with Crippen molar-refractivity contribution in [2.75, 3.05) is 0 Å². The van der Waals surface area contributed by atoms with Gasteiger partial charge in [0.1, 0.15) is 5.82 Å². The van der Waals surface area contributed by atoms with E-state index in [2.05, 4.69) is 29.5 Å². The second-order valence-electron chi connectivity index (χ2n) is 5.63. The molecule has 3 nitrogen and oxygen atoms in total. The minimum absolute atomic E-state index is 0.204. The van der Waals surface area contributed by atoms with Crippen molar-refractivity contribution in [1.29, 1.82) is 0 Å². The van der Waals surface area contributed by atoms with Gasteiger partial charge in [-0.1, -0.05) is 30.3 Å². The molecule has 1 N–H and O–H groups in total. The summed E-state index contributed by atoms with van der Waals surface area (Å²) in [6.45, 7) is 5.56. The summed E-state index contributed by atoms with van der Waals surface area (Å²) < 4.78 is 14.9. The molecule has 0 fully saturated rings. The van der Waals surface area contributed by atoms with E-state index >= 15 is 0 Å². The Morgan fingerprint density at radius 2 is 1.65 bits per heavy atom. The van der Waals surface area contributed by atoms with Gasteiger partial charge in [0.2, 0.25) is 0 Å². The molecule has 2 aromatic carbocycles. The lowest BCUT2D eigenvalue weighted by molar-refractivity contribution is 0.624. The smallest absolute Gasteiger partial charge is 0.123 e. The lowest BCUT2D eigenvalue weighted by Gasteiger charge is -2.07. The molecule has 0 radical (unpaired) electrons. The highest BCUT2D eigenvalue weighted by molar-refractivity contribution is 5.36. The quantitative estimate of drug-likeness (QED) is 0.774. The highest BCUT2D eigenvalue weighted by atomic mass is 19.1. The third-order valence-electron chi connectivity index (χ3n) is 3.99. The standard InChI is InChI=1S/C19H20FN3/c1-14-19(13-21-12-16-8-10-17(20)11-9-16)15(2)23(22-14)18-6-4-3-5-7-18/h3-11,21H,12-13H2,1-2H3. The molecule has 0 aliphatic heterocycles. The number of halogens is 1. The molecule has 0 atom stereocenters. The van der Waals surface area contributed by atoms with E-state index in [4.69, 9.17) is 0 Å². The number of hydrogen-bond donors (Lipinski definition) is 1. The van der Waals surface area contributed by atoms with E-state index in [0.717, 1.165) is 29.2 Å². The van der Waals surface area contributed by atoms with Gasteiger partial charge in [0, 0.05) is 24.3 Å². The van der Waals surface area contributed by atoms with Gasteiger partial charge in [-0.3, -0.25) is 0 Å². The number of aryl methyl sites for hydroxylation is 1. The summed E-state index contributed by atoms with van der Waals surface area (Å²) in [5.74, 6) is -0.204. The first-order valence-corrected chi connectivity index (χ1v) is 7.71. The molecule has 23 heavy (non-hydrogen) atoms. The summed E-state index contributed by atoms with van der Waals surface area (Å²) in [6.07, 6.45) is 0. The van der Waals surface area contributed by atoms with Crippen molar-refractivity contribution in [3.05, 3.63) is 82.9 Å². The molecule has 1 heterocycles. The Labute approximate surface area is 135 Å². The lowest BCUT2D eigenvalue weighted by atomic mass is 10.1. The van der Waals surface area contributed by atoms with Crippen LogP contribution in [0.1, 0.15) is 22.5 Å². The van der Waals surface area contributed by atoms with E-state index in [1.807, 2.05) is 29.8 Å². The molecule has 4 heteroatoms. The molecule has 118 valence electrons. The third kappa shape index (κ3) is 3.48. The van der Waals surface area contributed by atoms with E-state index in [-0.39, 0.29) is 5.82 Å². The highest BCUT2D eigenvalue weighted by Gasteiger charge is 2.12. The topological polar surface area (TPSA) is 29.9 Å². The van der Waals surface area contributed by atoms with Gasteiger partial charge in [-0.2, -0.15) is 5.10 Å². The van der Waals surface area contributed by atoms with Gasteiger partial charge in [-0.25, -0.2) is 9.07 Å². The van der Waals surface area contributed by atoms with Crippen LogP contribution in [0.15, 0.2) is 54.6 Å². The number of nitrogens with one attached hydrogen (secondary N) is 1. The SMILES string of the molecule is Cc1nn(-c2ccccc2)c(C)c1CNCc1ccc(F)cc1. The molecular formula is C19H20FN3. The molecule has 3 aromatic rings. The van der Waals surface area contributed by atoms with Crippen molar-refractivity contribution in [3.63, 3.8) is 0 Å². The Morgan fingerprint density at radius 1 is 0.957 bits per heavy atom. The van der Waals surface area contributed by atoms with Gasteiger partial charge in [0.15, 0.2) is 0 Å². The number of aromatic nitrogens is 2. The van der Waals surface area contributed by atoms with Crippen LogP contribution in [-0.2, 0) is 13.1 Å². The van der Waals surface area contributed by atoms with E-state index in [1.165, 1.54) is 17.7 Å². The molecule has 1 aromatic heterocycles. The lowest BCUT2D eigenvalue weighted by Crippen LogP contribution is -2.14. The Balaban J connectivity index is 1.71. The van der Waals surface area contributed by atoms with Gasteiger partial charge in [0.05, 0.1) is 11.4 Å². The van der Waals surface area contributed by atoms with Gasteiger partial charge >= 0.3 is 0 Å². The van der Waals surface area contributed by atoms with E-state index < -0.39 is 0 Å².